The van der Waals surface area contributed by atoms with Crippen molar-refractivity contribution in [1.29, 1.82) is 0 Å². The largest absolute Gasteiger partial charge is 0.383 e. The highest BCUT2D eigenvalue weighted by Crippen LogP contribution is 2.15. The second kappa shape index (κ2) is 7.05. The minimum Gasteiger partial charge on any atom is -0.383 e. The zero-order valence-corrected chi connectivity index (χ0v) is 12.1. The molecule has 0 aliphatic rings. The Morgan fingerprint density at radius 3 is 2.95 bits per heavy atom. The van der Waals surface area contributed by atoms with Crippen LogP contribution in [-0.2, 0) is 22.6 Å². The first-order valence-electron chi connectivity index (χ1n) is 6.96. The van der Waals surface area contributed by atoms with Gasteiger partial charge in [0.05, 0.1) is 24.2 Å². The first-order chi connectivity index (χ1) is 9.76. The van der Waals surface area contributed by atoms with E-state index in [-0.39, 0.29) is 5.91 Å². The van der Waals surface area contributed by atoms with Crippen LogP contribution >= 0.6 is 0 Å². The summed E-state index contributed by atoms with van der Waals surface area (Å²) in [7, 11) is 1.68. The highest BCUT2D eigenvalue weighted by molar-refractivity contribution is 5.77. The third-order valence-corrected chi connectivity index (χ3v) is 3.17. The van der Waals surface area contributed by atoms with E-state index in [1.807, 2.05) is 31.2 Å². The first kappa shape index (κ1) is 14.5. The Balaban J connectivity index is 2.19. The molecular weight excluding hydrogens is 254 g/mol. The molecule has 5 nitrogen and oxygen atoms in total. The second-order valence-corrected chi connectivity index (χ2v) is 4.69. The summed E-state index contributed by atoms with van der Waals surface area (Å²) in [6.07, 6.45) is 1.41. The molecule has 0 radical (unpaired) electrons. The number of carbonyl (C=O) groups is 1. The Labute approximate surface area is 118 Å². The lowest BCUT2D eigenvalue weighted by Crippen LogP contribution is -2.24. The molecule has 108 valence electrons. The number of amides is 1. The van der Waals surface area contributed by atoms with E-state index < -0.39 is 0 Å². The number of hydrogen-bond donors (Lipinski definition) is 1. The molecule has 20 heavy (non-hydrogen) atoms. The number of rotatable bonds is 7. The van der Waals surface area contributed by atoms with E-state index in [0.717, 1.165) is 29.8 Å². The van der Waals surface area contributed by atoms with Crippen LogP contribution in [0.25, 0.3) is 11.0 Å². The van der Waals surface area contributed by atoms with E-state index in [2.05, 4.69) is 14.9 Å². The second-order valence-electron chi connectivity index (χ2n) is 4.69. The fraction of sp³-hybridized carbons (Fsp3) is 0.467. The maximum absolute atomic E-state index is 11.6. The predicted octanol–water partition coefficient (Wildman–Crippen LogP) is 2.10. The highest BCUT2D eigenvalue weighted by atomic mass is 16.5. The van der Waals surface area contributed by atoms with Gasteiger partial charge >= 0.3 is 0 Å². The number of ether oxygens (including phenoxy) is 1. The van der Waals surface area contributed by atoms with Crippen molar-refractivity contribution in [2.45, 2.75) is 32.9 Å². The number of benzene rings is 1. The van der Waals surface area contributed by atoms with Crippen molar-refractivity contribution in [3.8, 4) is 0 Å². The summed E-state index contributed by atoms with van der Waals surface area (Å²) in [5.41, 5.74) is 2.02. The molecule has 0 unspecified atom stereocenters. The summed E-state index contributed by atoms with van der Waals surface area (Å²) < 4.78 is 7.25. The zero-order chi connectivity index (χ0) is 14.4. The fourth-order valence-electron chi connectivity index (χ4n) is 2.19. The summed E-state index contributed by atoms with van der Waals surface area (Å²) in [6, 6.07) is 7.98. The predicted molar refractivity (Wildman–Crippen MR) is 78.4 cm³/mol. The van der Waals surface area contributed by atoms with Gasteiger partial charge in [0, 0.05) is 20.1 Å². The minimum absolute atomic E-state index is 0.0675. The number of nitrogens with one attached hydrogen (secondary N) is 1. The van der Waals surface area contributed by atoms with Crippen molar-refractivity contribution in [1.82, 2.24) is 14.9 Å². The molecule has 0 fully saturated rings. The Bertz CT molecular complexity index is 578. The molecule has 1 N–H and O–H groups in total. The van der Waals surface area contributed by atoms with Gasteiger partial charge in [-0.2, -0.15) is 0 Å². The third-order valence-electron chi connectivity index (χ3n) is 3.17. The number of para-hydroxylation sites is 2. The van der Waals surface area contributed by atoms with E-state index in [9.17, 15) is 4.79 Å². The lowest BCUT2D eigenvalue weighted by molar-refractivity contribution is -0.121. The van der Waals surface area contributed by atoms with Gasteiger partial charge in [-0.15, -0.1) is 0 Å². The van der Waals surface area contributed by atoms with Crippen molar-refractivity contribution < 1.29 is 9.53 Å². The van der Waals surface area contributed by atoms with Crippen LogP contribution in [0.4, 0.5) is 0 Å². The van der Waals surface area contributed by atoms with E-state index in [1.54, 1.807) is 7.11 Å². The number of nitrogens with zero attached hydrogens (tertiary/aromatic N) is 2. The maximum Gasteiger partial charge on any atom is 0.220 e. The highest BCUT2D eigenvalue weighted by Gasteiger charge is 2.10. The quantitative estimate of drug-likeness (QED) is 0.842. The molecule has 1 heterocycles. The van der Waals surface area contributed by atoms with Crippen LogP contribution in [0.3, 0.4) is 0 Å². The monoisotopic (exact) mass is 275 g/mol. The van der Waals surface area contributed by atoms with Gasteiger partial charge in [-0.25, -0.2) is 4.98 Å². The number of aromatic nitrogens is 2. The minimum atomic E-state index is 0.0675. The van der Waals surface area contributed by atoms with Gasteiger partial charge in [0.1, 0.15) is 5.82 Å². The van der Waals surface area contributed by atoms with E-state index in [4.69, 9.17) is 4.74 Å². The van der Waals surface area contributed by atoms with Crippen LogP contribution in [-0.4, -0.2) is 29.2 Å². The smallest absolute Gasteiger partial charge is 0.220 e. The average molecular weight is 275 g/mol. The summed E-state index contributed by atoms with van der Waals surface area (Å²) in [4.78, 5) is 16.2. The molecule has 2 rings (SSSR count). The van der Waals surface area contributed by atoms with Gasteiger partial charge in [-0.3, -0.25) is 4.79 Å². The molecule has 0 spiro atoms. The summed E-state index contributed by atoms with van der Waals surface area (Å²) in [6.45, 7) is 3.80. The lowest BCUT2D eigenvalue weighted by atomic mass is 10.3. The number of methoxy groups -OCH3 is 1. The SMILES string of the molecule is CCCC(=O)NCc1nc2ccccc2n1CCOC. The number of hydrogen-bond acceptors (Lipinski definition) is 3. The molecule has 0 saturated carbocycles. The molecule has 0 atom stereocenters. The van der Waals surface area contributed by atoms with E-state index in [0.29, 0.717) is 19.6 Å². The summed E-state index contributed by atoms with van der Waals surface area (Å²) in [5.74, 6) is 0.936. The van der Waals surface area contributed by atoms with Crippen LogP contribution in [0.5, 0.6) is 0 Å². The molecule has 0 bridgehead atoms. The lowest BCUT2D eigenvalue weighted by Gasteiger charge is -2.09. The number of imidazole rings is 1. The topological polar surface area (TPSA) is 56.2 Å². The Kier molecular flexibility index (Phi) is 5.12. The van der Waals surface area contributed by atoms with Crippen LogP contribution < -0.4 is 5.32 Å². The molecule has 0 saturated heterocycles. The van der Waals surface area contributed by atoms with Gasteiger partial charge in [0.25, 0.3) is 0 Å². The number of fused-ring (bicyclic) bond motifs is 1. The molecule has 0 aliphatic heterocycles. The van der Waals surface area contributed by atoms with Crippen molar-refractivity contribution in [3.63, 3.8) is 0 Å². The normalized spacial score (nSPS) is 10.9. The van der Waals surface area contributed by atoms with Gasteiger partial charge in [-0.1, -0.05) is 19.1 Å². The zero-order valence-electron chi connectivity index (χ0n) is 12.1. The first-order valence-corrected chi connectivity index (χ1v) is 6.96. The maximum atomic E-state index is 11.6. The van der Waals surface area contributed by atoms with Gasteiger partial charge in [0.15, 0.2) is 0 Å². The summed E-state index contributed by atoms with van der Waals surface area (Å²) >= 11 is 0. The summed E-state index contributed by atoms with van der Waals surface area (Å²) in [5, 5.41) is 2.91. The molecule has 1 amide bonds. The fourth-order valence-corrected chi connectivity index (χ4v) is 2.19. The van der Waals surface area contributed by atoms with Crippen molar-refractivity contribution >= 4 is 16.9 Å². The van der Waals surface area contributed by atoms with Gasteiger partial charge in [-0.05, 0) is 18.6 Å². The van der Waals surface area contributed by atoms with Crippen molar-refractivity contribution in [3.05, 3.63) is 30.1 Å². The Morgan fingerprint density at radius 2 is 2.20 bits per heavy atom. The Hall–Kier alpha value is -1.88. The molecule has 1 aromatic heterocycles. The van der Waals surface area contributed by atoms with Crippen molar-refractivity contribution in [2.24, 2.45) is 0 Å². The standard InChI is InChI=1S/C15H21N3O2/c1-3-6-15(19)16-11-14-17-12-7-4-5-8-13(12)18(14)9-10-20-2/h4-5,7-8H,3,6,9-11H2,1-2H3,(H,16,19). The van der Waals surface area contributed by atoms with Gasteiger partial charge in [0.2, 0.25) is 5.91 Å². The van der Waals surface area contributed by atoms with Crippen molar-refractivity contribution in [2.75, 3.05) is 13.7 Å². The molecular formula is C15H21N3O2. The van der Waals surface area contributed by atoms with E-state index in [1.165, 1.54) is 0 Å². The number of carbonyl (C=O) groups excluding carboxylic acids is 1. The van der Waals surface area contributed by atoms with Crippen LogP contribution in [0.15, 0.2) is 24.3 Å². The molecule has 5 heteroatoms. The molecule has 0 aliphatic carbocycles. The molecule has 2 aromatic rings. The van der Waals surface area contributed by atoms with Crippen LogP contribution in [0, 0.1) is 0 Å². The van der Waals surface area contributed by atoms with Crippen LogP contribution in [0.2, 0.25) is 0 Å². The average Bonchev–Trinajstić information content (AvgIpc) is 2.81. The Morgan fingerprint density at radius 1 is 1.40 bits per heavy atom. The van der Waals surface area contributed by atoms with Crippen LogP contribution in [0.1, 0.15) is 25.6 Å². The molecule has 1 aromatic carbocycles. The van der Waals surface area contributed by atoms with E-state index >= 15 is 0 Å². The third kappa shape index (κ3) is 3.36. The van der Waals surface area contributed by atoms with Gasteiger partial charge < -0.3 is 14.6 Å².